The molecule has 0 aromatic carbocycles. The first kappa shape index (κ1) is 16.1. The van der Waals surface area contributed by atoms with Crippen LogP contribution in [0.25, 0.3) is 0 Å². The van der Waals surface area contributed by atoms with Crippen molar-refractivity contribution in [3.05, 3.63) is 12.0 Å². The molecule has 4 N–H and O–H groups in total. The maximum absolute atomic E-state index is 11.7. The lowest BCUT2D eigenvalue weighted by Crippen LogP contribution is -3.00. The Morgan fingerprint density at radius 2 is 2.18 bits per heavy atom. The van der Waals surface area contributed by atoms with Crippen molar-refractivity contribution in [1.82, 2.24) is 4.98 Å². The predicted octanol–water partition coefficient (Wildman–Crippen LogP) is -2.67. The molecule has 1 amide bonds. The van der Waals surface area contributed by atoms with E-state index < -0.39 is 6.04 Å². The van der Waals surface area contributed by atoms with Crippen molar-refractivity contribution < 1.29 is 26.3 Å². The number of carbonyl (C=O) groups is 1. The van der Waals surface area contributed by atoms with Crippen molar-refractivity contribution >= 4 is 11.7 Å². The van der Waals surface area contributed by atoms with Crippen LogP contribution in [0.4, 0.5) is 5.82 Å². The summed E-state index contributed by atoms with van der Waals surface area (Å²) < 4.78 is 1.95. The topological polar surface area (TPSA) is 74.8 Å². The monoisotopic (exact) mass is 304 g/mol. The van der Waals surface area contributed by atoms with E-state index in [4.69, 9.17) is 5.73 Å². The highest BCUT2D eigenvalue weighted by Crippen LogP contribution is 2.05. The molecule has 0 spiro atoms. The SMILES string of the molecule is CCc1[nH]c(NC(=O)[C@@H](N)C(C)C)c[n+]1C.[Br-]. The number of nitrogens with two attached hydrogens (primary N) is 1. The zero-order chi connectivity index (χ0) is 12.3. The summed E-state index contributed by atoms with van der Waals surface area (Å²) in [6.45, 7) is 5.91. The van der Waals surface area contributed by atoms with Crippen molar-refractivity contribution in [1.29, 1.82) is 0 Å². The minimum atomic E-state index is -0.473. The first-order valence-corrected chi connectivity index (χ1v) is 5.59. The van der Waals surface area contributed by atoms with Gasteiger partial charge in [0.2, 0.25) is 11.7 Å². The Bertz CT molecular complexity index is 376. The number of nitrogens with one attached hydrogen (secondary N) is 2. The lowest BCUT2D eigenvalue weighted by molar-refractivity contribution is -0.677. The van der Waals surface area contributed by atoms with E-state index in [1.807, 2.05) is 31.7 Å². The summed E-state index contributed by atoms with van der Waals surface area (Å²) in [6, 6.07) is -0.473. The number of imidazole rings is 1. The van der Waals surface area contributed by atoms with Crippen LogP contribution in [-0.4, -0.2) is 16.9 Å². The Hall–Kier alpha value is -0.880. The molecule has 0 aliphatic heterocycles. The van der Waals surface area contributed by atoms with E-state index >= 15 is 0 Å². The molecule has 6 heteroatoms. The molecule has 0 fully saturated rings. The molecule has 17 heavy (non-hydrogen) atoms. The highest BCUT2D eigenvalue weighted by Gasteiger charge is 2.20. The van der Waals surface area contributed by atoms with Crippen molar-refractivity contribution in [3.63, 3.8) is 0 Å². The van der Waals surface area contributed by atoms with Crippen molar-refractivity contribution in [2.45, 2.75) is 33.2 Å². The zero-order valence-electron chi connectivity index (χ0n) is 10.7. The van der Waals surface area contributed by atoms with Gasteiger partial charge in [-0.3, -0.25) is 10.1 Å². The van der Waals surface area contributed by atoms with Crippen LogP contribution in [0.1, 0.15) is 26.6 Å². The van der Waals surface area contributed by atoms with Crippen molar-refractivity contribution in [2.75, 3.05) is 5.32 Å². The van der Waals surface area contributed by atoms with Gasteiger partial charge in [-0.2, -0.15) is 0 Å². The lowest BCUT2D eigenvalue weighted by Gasteiger charge is -2.13. The summed E-state index contributed by atoms with van der Waals surface area (Å²) in [7, 11) is 1.94. The van der Waals surface area contributed by atoms with Crippen molar-refractivity contribution in [3.8, 4) is 0 Å². The van der Waals surface area contributed by atoms with Crippen LogP contribution < -0.4 is 32.6 Å². The average Bonchev–Trinajstić information content (AvgIpc) is 2.57. The minimum absolute atomic E-state index is 0. The third-order valence-electron chi connectivity index (χ3n) is 2.64. The van der Waals surface area contributed by atoms with Gasteiger partial charge in [0.05, 0.1) is 13.1 Å². The van der Waals surface area contributed by atoms with E-state index in [0.717, 1.165) is 12.2 Å². The van der Waals surface area contributed by atoms with E-state index in [9.17, 15) is 4.79 Å². The number of hydrogen-bond donors (Lipinski definition) is 3. The van der Waals surface area contributed by atoms with Crippen LogP contribution in [0, 0.1) is 5.92 Å². The molecule has 0 unspecified atom stereocenters. The number of aromatic nitrogens is 2. The van der Waals surface area contributed by atoms with Gasteiger partial charge in [-0.15, -0.1) is 0 Å². The van der Waals surface area contributed by atoms with Gasteiger partial charge >= 0.3 is 0 Å². The number of rotatable bonds is 4. The van der Waals surface area contributed by atoms with Gasteiger partial charge in [-0.1, -0.05) is 20.8 Å². The van der Waals surface area contributed by atoms with E-state index in [1.54, 1.807) is 0 Å². The number of H-pyrrole nitrogens is 1. The Balaban J connectivity index is 0.00000256. The normalized spacial score (nSPS) is 12.1. The highest BCUT2D eigenvalue weighted by atomic mass is 79.9. The standard InChI is InChI=1S/C11H20N4O.BrH/c1-5-9-13-8(6-15(9)4)14-11(16)10(12)7(2)3;/h6-7,10H,5,12H2,1-4H3,(H,14,16);1H/t10-;/m0./s1. The second-order valence-corrected chi connectivity index (χ2v) is 4.34. The Kier molecular flexibility index (Phi) is 6.41. The summed E-state index contributed by atoms with van der Waals surface area (Å²) >= 11 is 0. The van der Waals surface area contributed by atoms with Gasteiger partial charge in [0.1, 0.15) is 0 Å². The molecule has 98 valence electrons. The minimum Gasteiger partial charge on any atom is -1.00 e. The Morgan fingerprint density at radius 3 is 2.59 bits per heavy atom. The van der Waals surface area contributed by atoms with E-state index in [1.165, 1.54) is 0 Å². The molecule has 0 aliphatic carbocycles. The van der Waals surface area contributed by atoms with Crippen LogP contribution in [0.2, 0.25) is 0 Å². The molecule has 5 nitrogen and oxygen atoms in total. The summed E-state index contributed by atoms with van der Waals surface area (Å²) in [5.74, 6) is 1.74. The van der Waals surface area contributed by atoms with Crippen LogP contribution in [0.3, 0.4) is 0 Å². The number of anilines is 1. The fourth-order valence-electron chi connectivity index (χ4n) is 1.47. The van der Waals surface area contributed by atoms with E-state index in [0.29, 0.717) is 5.82 Å². The largest absolute Gasteiger partial charge is 1.00 e. The van der Waals surface area contributed by atoms with Crippen LogP contribution in [0.5, 0.6) is 0 Å². The molecular weight excluding hydrogens is 284 g/mol. The third kappa shape index (κ3) is 4.12. The summed E-state index contributed by atoms with van der Waals surface area (Å²) in [6.07, 6.45) is 2.74. The van der Waals surface area contributed by atoms with E-state index in [-0.39, 0.29) is 28.8 Å². The van der Waals surface area contributed by atoms with Gasteiger partial charge < -0.3 is 22.7 Å². The second kappa shape index (κ2) is 6.76. The summed E-state index contributed by atoms with van der Waals surface area (Å²) in [4.78, 5) is 14.8. The third-order valence-corrected chi connectivity index (χ3v) is 2.64. The molecule has 0 saturated heterocycles. The molecule has 1 heterocycles. The number of halogens is 1. The molecule has 1 atom stereocenters. The predicted molar refractivity (Wildman–Crippen MR) is 62.8 cm³/mol. The number of hydrogen-bond acceptors (Lipinski definition) is 2. The van der Waals surface area contributed by atoms with Crippen LogP contribution in [-0.2, 0) is 18.3 Å². The lowest BCUT2D eigenvalue weighted by atomic mass is 10.1. The average molecular weight is 305 g/mol. The fourth-order valence-corrected chi connectivity index (χ4v) is 1.47. The number of aryl methyl sites for hydroxylation is 2. The number of carbonyl (C=O) groups excluding carboxylic acids is 1. The molecular formula is C11H21BrN4O. The first-order valence-electron chi connectivity index (χ1n) is 5.59. The first-order chi connectivity index (χ1) is 7.45. The maximum atomic E-state index is 11.7. The smallest absolute Gasteiger partial charge is 0.255 e. The number of amides is 1. The van der Waals surface area contributed by atoms with Crippen LogP contribution in [0.15, 0.2) is 6.20 Å². The molecule has 0 aliphatic rings. The summed E-state index contributed by atoms with van der Waals surface area (Å²) in [5.41, 5.74) is 5.75. The molecule has 1 aromatic heterocycles. The van der Waals surface area contributed by atoms with Crippen molar-refractivity contribution in [2.24, 2.45) is 18.7 Å². The molecule has 0 radical (unpaired) electrons. The number of nitrogens with zero attached hydrogens (tertiary/aromatic N) is 1. The zero-order valence-corrected chi connectivity index (χ0v) is 12.3. The second-order valence-electron chi connectivity index (χ2n) is 4.34. The fraction of sp³-hybridized carbons (Fsp3) is 0.636. The molecule has 0 bridgehead atoms. The molecule has 1 aromatic rings. The Labute approximate surface area is 113 Å². The van der Waals surface area contributed by atoms with Crippen LogP contribution >= 0.6 is 0 Å². The highest BCUT2D eigenvalue weighted by molar-refractivity contribution is 5.93. The number of aromatic amines is 1. The van der Waals surface area contributed by atoms with E-state index in [2.05, 4.69) is 17.2 Å². The van der Waals surface area contributed by atoms with Gasteiger partial charge in [-0.25, -0.2) is 9.55 Å². The maximum Gasteiger partial charge on any atom is 0.255 e. The molecule has 1 rings (SSSR count). The van der Waals surface area contributed by atoms with Gasteiger partial charge in [0.25, 0.3) is 5.82 Å². The molecule has 0 saturated carbocycles. The van der Waals surface area contributed by atoms with Gasteiger partial charge in [0, 0.05) is 6.42 Å². The quantitative estimate of drug-likeness (QED) is 0.531. The Morgan fingerprint density at radius 1 is 1.59 bits per heavy atom. The summed E-state index contributed by atoms with van der Waals surface area (Å²) in [5, 5.41) is 2.78. The van der Waals surface area contributed by atoms with Gasteiger partial charge in [0.15, 0.2) is 6.20 Å². The van der Waals surface area contributed by atoms with Gasteiger partial charge in [-0.05, 0) is 5.92 Å².